The standard InChI is InChI=1S/C12H14N2O5S/c1-7(11(15)13-2)19-12(16)9-6-8(20-3)4-5-10(9)14(17)18/h4-7H,1-3H3,(H,13,15)/t7-/m1/s1. The number of ether oxygens (including phenoxy) is 1. The molecule has 0 bridgehead atoms. The van der Waals surface area contributed by atoms with Gasteiger partial charge in [-0.15, -0.1) is 11.8 Å². The summed E-state index contributed by atoms with van der Waals surface area (Å²) >= 11 is 1.34. The van der Waals surface area contributed by atoms with Gasteiger partial charge in [-0.3, -0.25) is 14.9 Å². The van der Waals surface area contributed by atoms with Gasteiger partial charge in [-0.1, -0.05) is 0 Å². The summed E-state index contributed by atoms with van der Waals surface area (Å²) in [6.07, 6.45) is 0.758. The quantitative estimate of drug-likeness (QED) is 0.384. The van der Waals surface area contributed by atoms with Crippen molar-refractivity contribution in [1.29, 1.82) is 0 Å². The topological polar surface area (TPSA) is 98.5 Å². The maximum atomic E-state index is 12.0. The molecule has 0 saturated carbocycles. The van der Waals surface area contributed by atoms with Gasteiger partial charge < -0.3 is 10.1 Å². The predicted octanol–water partition coefficient (Wildman–Crippen LogP) is 1.61. The Kier molecular flexibility index (Phi) is 5.51. The lowest BCUT2D eigenvalue weighted by Crippen LogP contribution is -2.33. The molecule has 0 heterocycles. The first-order chi connectivity index (χ1) is 9.40. The van der Waals surface area contributed by atoms with E-state index in [1.165, 1.54) is 37.9 Å². The van der Waals surface area contributed by atoms with Crippen LogP contribution in [0.1, 0.15) is 17.3 Å². The molecule has 0 radical (unpaired) electrons. The molecule has 7 nitrogen and oxygen atoms in total. The lowest BCUT2D eigenvalue weighted by Gasteiger charge is -2.12. The average molecular weight is 298 g/mol. The summed E-state index contributed by atoms with van der Waals surface area (Å²) in [5, 5.41) is 13.2. The molecular formula is C12H14N2O5S. The molecule has 0 saturated heterocycles. The van der Waals surface area contributed by atoms with Crippen LogP contribution in [0.15, 0.2) is 23.1 Å². The van der Waals surface area contributed by atoms with Crippen molar-refractivity contribution in [3.63, 3.8) is 0 Å². The molecule has 0 fully saturated rings. The summed E-state index contributed by atoms with van der Waals surface area (Å²) in [4.78, 5) is 34.2. The minimum Gasteiger partial charge on any atom is -0.449 e. The molecule has 0 aromatic heterocycles. The van der Waals surface area contributed by atoms with Gasteiger partial charge in [0.15, 0.2) is 6.10 Å². The van der Waals surface area contributed by atoms with Gasteiger partial charge in [-0.05, 0) is 25.3 Å². The Labute approximate surface area is 119 Å². The van der Waals surface area contributed by atoms with Crippen LogP contribution < -0.4 is 5.32 Å². The number of nitrogens with one attached hydrogen (secondary N) is 1. The molecular weight excluding hydrogens is 284 g/mol. The highest BCUT2D eigenvalue weighted by molar-refractivity contribution is 7.98. The van der Waals surface area contributed by atoms with E-state index in [1.807, 2.05) is 0 Å². The second kappa shape index (κ2) is 6.90. The zero-order valence-corrected chi connectivity index (χ0v) is 12.0. The third kappa shape index (κ3) is 3.70. The van der Waals surface area contributed by atoms with E-state index < -0.39 is 22.9 Å². The third-order valence-electron chi connectivity index (χ3n) is 2.52. The molecule has 0 spiro atoms. The van der Waals surface area contributed by atoms with E-state index in [4.69, 9.17) is 4.74 Å². The maximum absolute atomic E-state index is 12.0. The summed E-state index contributed by atoms with van der Waals surface area (Å²) in [6, 6.07) is 4.16. The van der Waals surface area contributed by atoms with Crippen molar-refractivity contribution in [2.75, 3.05) is 13.3 Å². The average Bonchev–Trinajstić information content (AvgIpc) is 2.45. The number of esters is 1. The molecule has 1 aromatic carbocycles. The highest BCUT2D eigenvalue weighted by Gasteiger charge is 2.25. The van der Waals surface area contributed by atoms with Crippen molar-refractivity contribution in [2.24, 2.45) is 0 Å². The normalized spacial score (nSPS) is 11.6. The van der Waals surface area contributed by atoms with Crippen molar-refractivity contribution < 1.29 is 19.2 Å². The Morgan fingerprint density at radius 3 is 2.60 bits per heavy atom. The van der Waals surface area contributed by atoms with E-state index in [0.717, 1.165) is 0 Å². The molecule has 0 aliphatic heterocycles. The van der Waals surface area contributed by atoms with E-state index in [9.17, 15) is 19.7 Å². The highest BCUT2D eigenvalue weighted by Crippen LogP contribution is 2.25. The number of hydrogen-bond donors (Lipinski definition) is 1. The molecule has 8 heteroatoms. The van der Waals surface area contributed by atoms with Crippen molar-refractivity contribution in [1.82, 2.24) is 5.32 Å². The van der Waals surface area contributed by atoms with E-state index in [2.05, 4.69) is 5.32 Å². The van der Waals surface area contributed by atoms with Crippen LogP contribution >= 0.6 is 11.8 Å². The van der Waals surface area contributed by atoms with E-state index in [1.54, 1.807) is 12.3 Å². The minimum atomic E-state index is -1.02. The fourth-order valence-electron chi connectivity index (χ4n) is 1.45. The fourth-order valence-corrected chi connectivity index (χ4v) is 1.89. The van der Waals surface area contributed by atoms with Crippen LogP contribution in [0.2, 0.25) is 0 Å². The van der Waals surface area contributed by atoms with Crippen molar-refractivity contribution in [3.05, 3.63) is 33.9 Å². The lowest BCUT2D eigenvalue weighted by atomic mass is 10.2. The molecule has 0 aliphatic rings. The summed E-state index contributed by atoms with van der Waals surface area (Å²) in [5.74, 6) is -1.38. The zero-order chi connectivity index (χ0) is 15.3. The number of likely N-dealkylation sites (N-methyl/N-ethyl adjacent to an activating group) is 1. The Morgan fingerprint density at radius 1 is 1.45 bits per heavy atom. The Balaban J connectivity index is 3.07. The summed E-state index contributed by atoms with van der Waals surface area (Å²) in [5.41, 5.74) is -0.519. The number of nitro groups is 1. The van der Waals surface area contributed by atoms with Gasteiger partial charge in [0.25, 0.3) is 11.6 Å². The molecule has 108 valence electrons. The number of benzene rings is 1. The van der Waals surface area contributed by atoms with Crippen LogP contribution in [-0.2, 0) is 9.53 Å². The molecule has 20 heavy (non-hydrogen) atoms. The van der Waals surface area contributed by atoms with Crippen LogP contribution in [0.25, 0.3) is 0 Å². The second-order valence-corrected chi connectivity index (χ2v) is 4.68. The van der Waals surface area contributed by atoms with Crippen LogP contribution in [-0.4, -0.2) is 36.2 Å². The second-order valence-electron chi connectivity index (χ2n) is 3.80. The first kappa shape index (κ1) is 16.0. The third-order valence-corrected chi connectivity index (χ3v) is 3.25. The predicted molar refractivity (Wildman–Crippen MR) is 73.8 cm³/mol. The molecule has 0 aliphatic carbocycles. The van der Waals surface area contributed by atoms with Gasteiger partial charge in [-0.25, -0.2) is 4.79 Å². The molecule has 1 amide bonds. The van der Waals surface area contributed by atoms with Crippen LogP contribution in [0.3, 0.4) is 0 Å². The number of nitrogens with zero attached hydrogens (tertiary/aromatic N) is 1. The zero-order valence-electron chi connectivity index (χ0n) is 11.2. The number of hydrogen-bond acceptors (Lipinski definition) is 6. The monoisotopic (exact) mass is 298 g/mol. The largest absolute Gasteiger partial charge is 0.449 e. The van der Waals surface area contributed by atoms with Gasteiger partial charge in [0.1, 0.15) is 5.56 Å². The highest BCUT2D eigenvalue weighted by atomic mass is 32.2. The van der Waals surface area contributed by atoms with Crippen molar-refractivity contribution >= 4 is 29.3 Å². The number of thioether (sulfide) groups is 1. The number of amides is 1. The van der Waals surface area contributed by atoms with Gasteiger partial charge in [0, 0.05) is 18.0 Å². The van der Waals surface area contributed by atoms with Gasteiger partial charge >= 0.3 is 5.97 Å². The molecule has 1 N–H and O–H groups in total. The van der Waals surface area contributed by atoms with Crippen molar-refractivity contribution in [2.45, 2.75) is 17.9 Å². The number of rotatable bonds is 5. The smallest absolute Gasteiger partial charge is 0.345 e. The van der Waals surface area contributed by atoms with Crippen LogP contribution in [0.5, 0.6) is 0 Å². The van der Waals surface area contributed by atoms with Crippen molar-refractivity contribution in [3.8, 4) is 0 Å². The van der Waals surface area contributed by atoms with Crippen LogP contribution in [0.4, 0.5) is 5.69 Å². The first-order valence-electron chi connectivity index (χ1n) is 5.65. The van der Waals surface area contributed by atoms with E-state index in [-0.39, 0.29) is 11.3 Å². The molecule has 1 rings (SSSR count). The number of carbonyl (C=O) groups is 2. The maximum Gasteiger partial charge on any atom is 0.345 e. The molecule has 1 atom stereocenters. The Bertz CT molecular complexity index is 547. The Hall–Kier alpha value is -2.09. The van der Waals surface area contributed by atoms with Gasteiger partial charge in [-0.2, -0.15) is 0 Å². The Morgan fingerprint density at radius 2 is 2.10 bits per heavy atom. The first-order valence-corrected chi connectivity index (χ1v) is 6.88. The minimum absolute atomic E-state index is 0.169. The number of carbonyl (C=O) groups excluding carboxylic acids is 2. The summed E-state index contributed by atoms with van der Waals surface area (Å²) < 4.78 is 4.91. The van der Waals surface area contributed by atoms with Gasteiger partial charge in [0.05, 0.1) is 4.92 Å². The van der Waals surface area contributed by atoms with Crippen LogP contribution in [0, 0.1) is 10.1 Å². The molecule has 1 aromatic rings. The lowest BCUT2D eigenvalue weighted by molar-refractivity contribution is -0.385. The van der Waals surface area contributed by atoms with Gasteiger partial charge in [0.2, 0.25) is 0 Å². The van der Waals surface area contributed by atoms with E-state index >= 15 is 0 Å². The fraction of sp³-hybridized carbons (Fsp3) is 0.333. The number of nitro benzene ring substituents is 1. The summed E-state index contributed by atoms with van der Waals surface area (Å²) in [7, 11) is 1.41. The SMILES string of the molecule is CNC(=O)[C@@H](C)OC(=O)c1cc(SC)ccc1[N+](=O)[O-]. The summed E-state index contributed by atoms with van der Waals surface area (Å²) in [6.45, 7) is 1.39. The van der Waals surface area contributed by atoms with E-state index in [0.29, 0.717) is 4.90 Å². The molecule has 0 unspecified atom stereocenters.